The number of nitrogens with one attached hydrogen (secondary N) is 2. The van der Waals surface area contributed by atoms with Gasteiger partial charge in [-0.05, 0) is 55.5 Å². The molecule has 4 rings (SSSR count). The SMILES string of the molecule is Cc1cc(NS(=O)(=O)c2ccc(NC(=O)CSc3nc(-c4ccc(Cl)cc4)ccc3C#N)cc2)no1. The van der Waals surface area contributed by atoms with Crippen LogP contribution in [0.3, 0.4) is 0 Å². The second-order valence-electron chi connectivity index (χ2n) is 7.46. The molecule has 4 aromatic rings. The van der Waals surface area contributed by atoms with Gasteiger partial charge in [-0.25, -0.2) is 13.4 Å². The average molecular weight is 540 g/mol. The Morgan fingerprint density at radius 1 is 1.11 bits per heavy atom. The molecule has 0 saturated heterocycles. The fraction of sp³-hybridized carbons (Fsp3) is 0.0833. The zero-order valence-electron chi connectivity index (χ0n) is 18.7. The maximum Gasteiger partial charge on any atom is 0.263 e. The van der Waals surface area contributed by atoms with E-state index in [1.165, 1.54) is 30.3 Å². The number of thioether (sulfide) groups is 1. The van der Waals surface area contributed by atoms with Crippen LogP contribution in [-0.4, -0.2) is 30.2 Å². The van der Waals surface area contributed by atoms with Crippen LogP contribution in [0.1, 0.15) is 11.3 Å². The molecule has 0 spiro atoms. The van der Waals surface area contributed by atoms with E-state index in [-0.39, 0.29) is 22.4 Å². The Hall–Kier alpha value is -3.85. The minimum absolute atomic E-state index is 0.00112. The van der Waals surface area contributed by atoms with Gasteiger partial charge in [-0.15, -0.1) is 0 Å². The summed E-state index contributed by atoms with van der Waals surface area (Å²) in [6, 6.07) is 19.8. The molecular formula is C24H18ClN5O4S2. The maximum absolute atomic E-state index is 12.5. The van der Waals surface area contributed by atoms with Gasteiger partial charge < -0.3 is 9.84 Å². The monoisotopic (exact) mass is 539 g/mol. The van der Waals surface area contributed by atoms with E-state index in [4.69, 9.17) is 16.1 Å². The first kappa shape index (κ1) is 25.2. The Morgan fingerprint density at radius 2 is 1.83 bits per heavy atom. The fourth-order valence-corrected chi connectivity index (χ4v) is 4.96. The number of amides is 1. The number of hydrogen-bond acceptors (Lipinski definition) is 8. The number of hydrogen-bond donors (Lipinski definition) is 2. The van der Waals surface area contributed by atoms with Gasteiger partial charge in [-0.2, -0.15) is 5.26 Å². The van der Waals surface area contributed by atoms with E-state index in [0.29, 0.717) is 32.8 Å². The van der Waals surface area contributed by atoms with Crippen molar-refractivity contribution in [1.29, 1.82) is 5.26 Å². The zero-order valence-corrected chi connectivity index (χ0v) is 21.1. The van der Waals surface area contributed by atoms with E-state index in [2.05, 4.69) is 26.2 Å². The minimum atomic E-state index is -3.86. The molecule has 182 valence electrons. The van der Waals surface area contributed by atoms with Gasteiger partial charge in [0.25, 0.3) is 10.0 Å². The molecule has 2 N–H and O–H groups in total. The number of rotatable bonds is 8. The molecule has 0 bridgehead atoms. The van der Waals surface area contributed by atoms with Crippen LogP contribution in [0.25, 0.3) is 11.3 Å². The first-order chi connectivity index (χ1) is 17.2. The number of carbonyl (C=O) groups is 1. The van der Waals surface area contributed by atoms with E-state index >= 15 is 0 Å². The van der Waals surface area contributed by atoms with Crippen LogP contribution < -0.4 is 10.0 Å². The number of anilines is 2. The molecule has 0 atom stereocenters. The van der Waals surface area contributed by atoms with E-state index in [1.54, 1.807) is 31.2 Å². The second kappa shape index (κ2) is 10.8. The Balaban J connectivity index is 1.39. The van der Waals surface area contributed by atoms with Gasteiger partial charge in [0.1, 0.15) is 16.9 Å². The maximum atomic E-state index is 12.5. The lowest BCUT2D eigenvalue weighted by atomic mass is 10.1. The first-order valence-corrected chi connectivity index (χ1v) is 13.2. The summed E-state index contributed by atoms with van der Waals surface area (Å²) < 4.78 is 32.2. The van der Waals surface area contributed by atoms with Gasteiger partial charge in [-0.1, -0.05) is 40.7 Å². The Morgan fingerprint density at radius 3 is 2.47 bits per heavy atom. The molecule has 1 amide bonds. The summed E-state index contributed by atoms with van der Waals surface area (Å²) in [6.07, 6.45) is 0. The molecule has 0 unspecified atom stereocenters. The molecule has 9 nitrogen and oxygen atoms in total. The summed E-state index contributed by atoms with van der Waals surface area (Å²) in [5.41, 5.74) is 2.26. The minimum Gasteiger partial charge on any atom is -0.360 e. The Labute approximate surface area is 216 Å². The number of halogens is 1. The van der Waals surface area contributed by atoms with Crippen molar-refractivity contribution in [2.45, 2.75) is 16.8 Å². The molecule has 12 heteroatoms. The Kier molecular flexibility index (Phi) is 7.59. The molecule has 0 aliphatic carbocycles. The molecule has 0 saturated carbocycles. The highest BCUT2D eigenvalue weighted by Gasteiger charge is 2.17. The lowest BCUT2D eigenvalue weighted by Crippen LogP contribution is -2.15. The molecule has 2 aromatic heterocycles. The third-order valence-electron chi connectivity index (χ3n) is 4.78. The van der Waals surface area contributed by atoms with Crippen LogP contribution in [-0.2, 0) is 14.8 Å². The van der Waals surface area contributed by atoms with Crippen LogP contribution in [0, 0.1) is 18.3 Å². The highest BCUT2D eigenvalue weighted by Crippen LogP contribution is 2.26. The molecule has 0 fully saturated rings. The normalized spacial score (nSPS) is 11.0. The summed E-state index contributed by atoms with van der Waals surface area (Å²) in [7, 11) is -3.86. The van der Waals surface area contributed by atoms with Crippen LogP contribution in [0.4, 0.5) is 11.5 Å². The third kappa shape index (κ3) is 6.23. The van der Waals surface area contributed by atoms with Crippen molar-refractivity contribution in [1.82, 2.24) is 10.1 Å². The summed E-state index contributed by atoms with van der Waals surface area (Å²) >= 11 is 7.07. The second-order valence-corrected chi connectivity index (χ2v) is 10.5. The van der Waals surface area contributed by atoms with Gasteiger partial charge in [0, 0.05) is 22.3 Å². The largest absolute Gasteiger partial charge is 0.360 e. The highest BCUT2D eigenvalue weighted by molar-refractivity contribution is 8.00. The molecular weight excluding hydrogens is 522 g/mol. The van der Waals surface area contributed by atoms with Crippen molar-refractivity contribution in [3.05, 3.63) is 83.1 Å². The number of sulfonamides is 1. The van der Waals surface area contributed by atoms with E-state index in [1.807, 2.05) is 12.1 Å². The zero-order chi connectivity index (χ0) is 25.7. The van der Waals surface area contributed by atoms with Gasteiger partial charge in [0.15, 0.2) is 5.82 Å². The quantitative estimate of drug-likeness (QED) is 0.295. The number of aryl methyl sites for hydroxylation is 1. The molecule has 2 heterocycles. The number of pyridine rings is 1. The molecule has 0 aliphatic rings. The summed E-state index contributed by atoms with van der Waals surface area (Å²) in [6.45, 7) is 1.65. The summed E-state index contributed by atoms with van der Waals surface area (Å²) in [5, 5.41) is 16.8. The van der Waals surface area contributed by atoms with Gasteiger partial charge in [0.05, 0.1) is 21.9 Å². The summed E-state index contributed by atoms with van der Waals surface area (Å²) in [5.74, 6) is 0.206. The van der Waals surface area contributed by atoms with Gasteiger partial charge >= 0.3 is 0 Å². The lowest BCUT2D eigenvalue weighted by molar-refractivity contribution is -0.113. The lowest BCUT2D eigenvalue weighted by Gasteiger charge is -2.09. The van der Waals surface area contributed by atoms with Crippen LogP contribution in [0.5, 0.6) is 0 Å². The standard InChI is InChI=1S/C24H18ClN5O4S2/c1-15-12-22(29-34-15)30-36(32,33)20-9-7-19(8-10-20)27-23(31)14-35-24-17(13-26)4-11-21(28-24)16-2-5-18(25)6-3-16/h2-12H,14H2,1H3,(H,27,31)(H,29,30). The summed E-state index contributed by atoms with van der Waals surface area (Å²) in [4.78, 5) is 17.0. The molecule has 0 aliphatic heterocycles. The average Bonchev–Trinajstić information content (AvgIpc) is 3.27. The Bertz CT molecular complexity index is 1550. The van der Waals surface area contributed by atoms with Crippen molar-refractivity contribution in [2.75, 3.05) is 15.8 Å². The number of aromatic nitrogens is 2. The van der Waals surface area contributed by atoms with Crippen LogP contribution in [0.15, 0.2) is 81.2 Å². The molecule has 36 heavy (non-hydrogen) atoms. The number of carbonyl (C=O) groups excluding carboxylic acids is 1. The van der Waals surface area contributed by atoms with Crippen LogP contribution in [0.2, 0.25) is 5.02 Å². The van der Waals surface area contributed by atoms with Crippen molar-refractivity contribution < 1.29 is 17.7 Å². The van der Waals surface area contributed by atoms with Crippen molar-refractivity contribution in [3.8, 4) is 17.3 Å². The smallest absolute Gasteiger partial charge is 0.263 e. The molecule has 0 radical (unpaired) electrons. The first-order valence-electron chi connectivity index (χ1n) is 10.4. The topological polar surface area (TPSA) is 138 Å². The predicted molar refractivity (Wildman–Crippen MR) is 137 cm³/mol. The van der Waals surface area contributed by atoms with E-state index in [0.717, 1.165) is 17.3 Å². The number of nitriles is 1. The van der Waals surface area contributed by atoms with Crippen molar-refractivity contribution >= 4 is 50.8 Å². The fourth-order valence-electron chi connectivity index (χ4n) is 3.08. The third-order valence-corrected chi connectivity index (χ3v) is 7.39. The highest BCUT2D eigenvalue weighted by atomic mass is 35.5. The number of nitrogens with zero attached hydrogens (tertiary/aromatic N) is 3. The van der Waals surface area contributed by atoms with E-state index in [9.17, 15) is 18.5 Å². The van der Waals surface area contributed by atoms with Gasteiger partial charge in [0.2, 0.25) is 5.91 Å². The molecule has 2 aromatic carbocycles. The van der Waals surface area contributed by atoms with Crippen molar-refractivity contribution in [2.24, 2.45) is 0 Å². The van der Waals surface area contributed by atoms with E-state index < -0.39 is 10.0 Å². The van der Waals surface area contributed by atoms with Gasteiger partial charge in [-0.3, -0.25) is 9.52 Å². The van der Waals surface area contributed by atoms with Crippen molar-refractivity contribution in [3.63, 3.8) is 0 Å². The number of benzene rings is 2. The predicted octanol–water partition coefficient (Wildman–Crippen LogP) is 5.10. The van der Waals surface area contributed by atoms with Crippen LogP contribution >= 0.6 is 23.4 Å².